The zero-order chi connectivity index (χ0) is 16.4. The maximum absolute atomic E-state index is 13.2. The average Bonchev–Trinajstić information content (AvgIpc) is 2.79. The molecule has 0 aliphatic carbocycles. The van der Waals surface area contributed by atoms with E-state index in [9.17, 15) is 4.79 Å². The van der Waals surface area contributed by atoms with E-state index in [1.54, 1.807) is 0 Å². The van der Waals surface area contributed by atoms with Crippen molar-refractivity contribution >= 4 is 5.91 Å². The van der Waals surface area contributed by atoms with Gasteiger partial charge in [-0.25, -0.2) is 0 Å². The Balaban J connectivity index is 1.62. The summed E-state index contributed by atoms with van der Waals surface area (Å²) in [7, 11) is 0. The number of piperidine rings is 1. The predicted molar refractivity (Wildman–Crippen MR) is 90.9 cm³/mol. The van der Waals surface area contributed by atoms with Crippen LogP contribution in [-0.4, -0.2) is 49.3 Å². The van der Waals surface area contributed by atoms with Crippen LogP contribution in [0.3, 0.4) is 0 Å². The average molecular weight is 330 g/mol. The van der Waals surface area contributed by atoms with Crippen molar-refractivity contribution in [2.24, 2.45) is 5.92 Å². The largest absolute Gasteiger partial charge is 0.485 e. The summed E-state index contributed by atoms with van der Waals surface area (Å²) in [5.74, 6) is 1.37. The molecule has 1 N–H and O–H groups in total. The molecular formula is C19H26N2O3. The maximum atomic E-state index is 13.2. The number of carbonyl (C=O) groups is 1. The second-order valence-corrected chi connectivity index (χ2v) is 7.22. The zero-order valence-electron chi connectivity index (χ0n) is 14.1. The van der Waals surface area contributed by atoms with Gasteiger partial charge in [0.1, 0.15) is 11.4 Å². The van der Waals surface area contributed by atoms with E-state index in [0.29, 0.717) is 32.2 Å². The quantitative estimate of drug-likeness (QED) is 0.855. The van der Waals surface area contributed by atoms with Crippen molar-refractivity contribution in [1.29, 1.82) is 0 Å². The summed E-state index contributed by atoms with van der Waals surface area (Å²) in [6, 6.07) is 8.15. The van der Waals surface area contributed by atoms with Crippen LogP contribution < -0.4 is 10.1 Å². The van der Waals surface area contributed by atoms with E-state index in [1.807, 2.05) is 23.1 Å². The molecule has 3 heterocycles. The Morgan fingerprint density at radius 1 is 1.17 bits per heavy atom. The van der Waals surface area contributed by atoms with E-state index in [0.717, 1.165) is 50.1 Å². The summed E-state index contributed by atoms with van der Waals surface area (Å²) in [4.78, 5) is 15.2. The molecule has 0 atom stereocenters. The molecule has 5 heteroatoms. The number of amides is 1. The van der Waals surface area contributed by atoms with E-state index in [1.165, 1.54) is 0 Å². The van der Waals surface area contributed by atoms with Gasteiger partial charge in [0, 0.05) is 30.9 Å². The van der Waals surface area contributed by atoms with Gasteiger partial charge in [0.15, 0.2) is 0 Å². The molecule has 1 spiro atoms. The van der Waals surface area contributed by atoms with Gasteiger partial charge in [-0.1, -0.05) is 18.2 Å². The lowest BCUT2D eigenvalue weighted by atomic mass is 9.91. The molecule has 1 aromatic rings. The standard InChI is InChI=1S/C19H26N2O3/c22-18(15-5-9-20-10-6-15)21-13-16-3-1-2-4-17(16)24-19(14-21)7-11-23-12-8-19/h1-4,15,20H,5-14H2. The summed E-state index contributed by atoms with van der Waals surface area (Å²) in [6.45, 7) is 4.62. The van der Waals surface area contributed by atoms with E-state index in [4.69, 9.17) is 9.47 Å². The number of nitrogens with zero attached hydrogens (tertiary/aromatic N) is 1. The smallest absolute Gasteiger partial charge is 0.226 e. The fourth-order valence-electron chi connectivity index (χ4n) is 4.10. The lowest BCUT2D eigenvalue weighted by Crippen LogP contribution is -2.52. The molecule has 0 bridgehead atoms. The number of hydrogen-bond donors (Lipinski definition) is 1. The van der Waals surface area contributed by atoms with Crippen LogP contribution in [0.25, 0.3) is 0 Å². The Morgan fingerprint density at radius 3 is 2.71 bits per heavy atom. The van der Waals surface area contributed by atoms with Gasteiger partial charge in [0.2, 0.25) is 5.91 Å². The van der Waals surface area contributed by atoms with Gasteiger partial charge in [0.25, 0.3) is 0 Å². The lowest BCUT2D eigenvalue weighted by molar-refractivity contribution is -0.141. The first-order valence-corrected chi connectivity index (χ1v) is 9.10. The molecule has 5 nitrogen and oxygen atoms in total. The van der Waals surface area contributed by atoms with Gasteiger partial charge in [-0.05, 0) is 32.0 Å². The van der Waals surface area contributed by atoms with Crippen molar-refractivity contribution in [1.82, 2.24) is 10.2 Å². The highest BCUT2D eigenvalue weighted by atomic mass is 16.5. The number of carbonyl (C=O) groups excluding carboxylic acids is 1. The summed E-state index contributed by atoms with van der Waals surface area (Å²) in [6.07, 6.45) is 3.57. The second-order valence-electron chi connectivity index (χ2n) is 7.22. The molecule has 0 radical (unpaired) electrons. The Kier molecular flexibility index (Phi) is 4.46. The molecule has 2 fully saturated rings. The molecule has 3 aliphatic rings. The molecule has 0 saturated carbocycles. The third-order valence-corrected chi connectivity index (χ3v) is 5.54. The number of ether oxygens (including phenoxy) is 2. The van der Waals surface area contributed by atoms with Crippen LogP contribution in [0.4, 0.5) is 0 Å². The van der Waals surface area contributed by atoms with Gasteiger partial charge < -0.3 is 19.7 Å². The highest BCUT2D eigenvalue weighted by molar-refractivity contribution is 5.79. The molecule has 1 aromatic carbocycles. The molecule has 4 rings (SSSR count). The van der Waals surface area contributed by atoms with Crippen LogP contribution in [0.1, 0.15) is 31.2 Å². The molecular weight excluding hydrogens is 304 g/mol. The van der Waals surface area contributed by atoms with Crippen molar-refractivity contribution in [2.75, 3.05) is 32.8 Å². The molecule has 24 heavy (non-hydrogen) atoms. The Morgan fingerprint density at radius 2 is 1.92 bits per heavy atom. The van der Waals surface area contributed by atoms with Gasteiger partial charge in [0.05, 0.1) is 19.8 Å². The molecule has 130 valence electrons. The fourth-order valence-corrected chi connectivity index (χ4v) is 4.10. The van der Waals surface area contributed by atoms with E-state index in [2.05, 4.69) is 11.4 Å². The summed E-state index contributed by atoms with van der Waals surface area (Å²) >= 11 is 0. The van der Waals surface area contributed by atoms with Crippen LogP contribution in [0, 0.1) is 5.92 Å². The van der Waals surface area contributed by atoms with Crippen molar-refractivity contribution in [3.8, 4) is 5.75 Å². The number of hydrogen-bond acceptors (Lipinski definition) is 4. The van der Waals surface area contributed by atoms with Gasteiger partial charge in [-0.3, -0.25) is 4.79 Å². The van der Waals surface area contributed by atoms with E-state index in [-0.39, 0.29) is 11.5 Å². The fraction of sp³-hybridized carbons (Fsp3) is 0.632. The van der Waals surface area contributed by atoms with E-state index < -0.39 is 0 Å². The van der Waals surface area contributed by atoms with Crippen molar-refractivity contribution in [3.63, 3.8) is 0 Å². The molecule has 3 aliphatic heterocycles. The first-order chi connectivity index (χ1) is 11.8. The summed E-state index contributed by atoms with van der Waals surface area (Å²) in [5, 5.41) is 3.35. The highest BCUT2D eigenvalue weighted by Crippen LogP contribution is 2.35. The third-order valence-electron chi connectivity index (χ3n) is 5.54. The van der Waals surface area contributed by atoms with Gasteiger partial charge in [-0.2, -0.15) is 0 Å². The number of rotatable bonds is 1. The normalized spacial score (nSPS) is 24.1. The van der Waals surface area contributed by atoms with Crippen molar-refractivity contribution in [2.45, 2.75) is 37.8 Å². The SMILES string of the molecule is O=C(C1CCNCC1)N1Cc2ccccc2OC2(CCOCC2)C1. The Bertz CT molecular complexity index is 592. The Hall–Kier alpha value is -1.59. The highest BCUT2D eigenvalue weighted by Gasteiger charge is 2.41. The molecule has 1 amide bonds. The van der Waals surface area contributed by atoms with Crippen molar-refractivity contribution < 1.29 is 14.3 Å². The van der Waals surface area contributed by atoms with Crippen LogP contribution in [0.5, 0.6) is 5.75 Å². The van der Waals surface area contributed by atoms with Crippen LogP contribution in [-0.2, 0) is 16.1 Å². The second kappa shape index (κ2) is 6.73. The first-order valence-electron chi connectivity index (χ1n) is 9.10. The zero-order valence-corrected chi connectivity index (χ0v) is 14.1. The number of nitrogens with one attached hydrogen (secondary N) is 1. The third kappa shape index (κ3) is 3.15. The monoisotopic (exact) mass is 330 g/mol. The molecule has 0 unspecified atom stereocenters. The van der Waals surface area contributed by atoms with Crippen LogP contribution >= 0.6 is 0 Å². The van der Waals surface area contributed by atoms with Crippen LogP contribution in [0.2, 0.25) is 0 Å². The van der Waals surface area contributed by atoms with Gasteiger partial charge in [-0.15, -0.1) is 0 Å². The molecule has 0 aromatic heterocycles. The van der Waals surface area contributed by atoms with Crippen molar-refractivity contribution in [3.05, 3.63) is 29.8 Å². The summed E-state index contributed by atoms with van der Waals surface area (Å²) in [5.41, 5.74) is 0.816. The minimum atomic E-state index is -0.298. The topological polar surface area (TPSA) is 50.8 Å². The summed E-state index contributed by atoms with van der Waals surface area (Å²) < 4.78 is 12.0. The number of fused-ring (bicyclic) bond motifs is 1. The van der Waals surface area contributed by atoms with Gasteiger partial charge >= 0.3 is 0 Å². The van der Waals surface area contributed by atoms with E-state index >= 15 is 0 Å². The predicted octanol–water partition coefficient (Wildman–Crippen LogP) is 1.96. The molecule has 2 saturated heterocycles. The lowest BCUT2D eigenvalue weighted by Gasteiger charge is -2.39. The minimum absolute atomic E-state index is 0.147. The number of para-hydroxylation sites is 1. The first kappa shape index (κ1) is 15.9. The Labute approximate surface area is 143 Å². The van der Waals surface area contributed by atoms with Crippen LogP contribution in [0.15, 0.2) is 24.3 Å². The minimum Gasteiger partial charge on any atom is -0.485 e. The maximum Gasteiger partial charge on any atom is 0.226 e. The number of benzene rings is 1.